The van der Waals surface area contributed by atoms with Gasteiger partial charge in [0.2, 0.25) is 0 Å². The number of hydrogen-bond donors (Lipinski definition) is 1. The Morgan fingerprint density at radius 2 is 2.24 bits per heavy atom. The molecule has 1 aromatic rings. The highest BCUT2D eigenvalue weighted by molar-refractivity contribution is 5.89. The Kier molecular flexibility index (Phi) is 3.61. The molecule has 0 bridgehead atoms. The number of halogens is 1. The van der Waals surface area contributed by atoms with Crippen molar-refractivity contribution < 1.29 is 9.18 Å². The number of urea groups is 1. The Morgan fingerprint density at radius 3 is 2.94 bits per heavy atom. The van der Waals surface area contributed by atoms with Gasteiger partial charge in [0.1, 0.15) is 5.82 Å². The lowest BCUT2D eigenvalue weighted by atomic mass is 10.0. The van der Waals surface area contributed by atoms with Crippen molar-refractivity contribution in [1.82, 2.24) is 4.90 Å². The molecule has 0 saturated carbocycles. The summed E-state index contributed by atoms with van der Waals surface area (Å²) in [6.45, 7) is 3.63. The minimum absolute atomic E-state index is 0.207. The third-order valence-corrected chi connectivity index (χ3v) is 3.06. The van der Waals surface area contributed by atoms with Crippen molar-refractivity contribution in [3.63, 3.8) is 0 Å². The summed E-state index contributed by atoms with van der Waals surface area (Å²) < 4.78 is 13.4. The van der Waals surface area contributed by atoms with E-state index in [-0.39, 0.29) is 11.7 Å². The van der Waals surface area contributed by atoms with E-state index in [1.165, 1.54) is 6.07 Å². The molecule has 1 aliphatic heterocycles. The van der Waals surface area contributed by atoms with Gasteiger partial charge in [-0.1, -0.05) is 19.1 Å². The van der Waals surface area contributed by atoms with Gasteiger partial charge < -0.3 is 10.2 Å². The van der Waals surface area contributed by atoms with Crippen molar-refractivity contribution >= 4 is 11.7 Å². The molecule has 0 radical (unpaired) electrons. The number of carbonyl (C=O) groups is 1. The second kappa shape index (κ2) is 5.17. The fourth-order valence-electron chi connectivity index (χ4n) is 2.13. The smallest absolute Gasteiger partial charge is 0.321 e. The highest BCUT2D eigenvalue weighted by Gasteiger charge is 2.21. The number of carbonyl (C=O) groups excluding carboxylic acids is 1. The third-order valence-electron chi connectivity index (χ3n) is 3.06. The number of nitrogens with zero attached hydrogens (tertiary/aromatic N) is 1. The van der Waals surface area contributed by atoms with Gasteiger partial charge in [-0.15, -0.1) is 0 Å². The zero-order chi connectivity index (χ0) is 12.3. The summed E-state index contributed by atoms with van der Waals surface area (Å²) in [6.07, 6.45) is 2.18. The van der Waals surface area contributed by atoms with E-state index in [0.717, 1.165) is 25.9 Å². The van der Waals surface area contributed by atoms with Gasteiger partial charge >= 0.3 is 6.03 Å². The Balaban J connectivity index is 1.99. The molecule has 4 heteroatoms. The second-order valence-corrected chi connectivity index (χ2v) is 4.60. The molecular formula is C13H17FN2O. The number of anilines is 1. The average molecular weight is 236 g/mol. The summed E-state index contributed by atoms with van der Waals surface area (Å²) >= 11 is 0. The van der Waals surface area contributed by atoms with Gasteiger partial charge in [0, 0.05) is 13.1 Å². The van der Waals surface area contributed by atoms with Crippen LogP contribution in [0.3, 0.4) is 0 Å². The van der Waals surface area contributed by atoms with Crippen molar-refractivity contribution in [1.29, 1.82) is 0 Å². The van der Waals surface area contributed by atoms with E-state index in [1.54, 1.807) is 23.1 Å². The van der Waals surface area contributed by atoms with E-state index in [4.69, 9.17) is 0 Å². The van der Waals surface area contributed by atoms with Crippen molar-refractivity contribution in [3.05, 3.63) is 30.1 Å². The van der Waals surface area contributed by atoms with Crippen LogP contribution in [-0.2, 0) is 0 Å². The molecule has 0 aliphatic carbocycles. The van der Waals surface area contributed by atoms with E-state index >= 15 is 0 Å². The molecule has 1 aliphatic rings. The van der Waals surface area contributed by atoms with E-state index in [1.807, 2.05) is 0 Å². The summed E-state index contributed by atoms with van der Waals surface area (Å²) in [5, 5.41) is 2.61. The Hall–Kier alpha value is -1.58. The zero-order valence-corrected chi connectivity index (χ0v) is 9.95. The minimum atomic E-state index is -0.397. The molecular weight excluding hydrogens is 219 g/mol. The molecule has 0 aromatic heterocycles. The van der Waals surface area contributed by atoms with Crippen LogP contribution in [0, 0.1) is 11.7 Å². The van der Waals surface area contributed by atoms with Gasteiger partial charge in [-0.25, -0.2) is 9.18 Å². The van der Waals surface area contributed by atoms with Crippen LogP contribution in [0.5, 0.6) is 0 Å². The maximum absolute atomic E-state index is 13.4. The normalized spacial score (nSPS) is 20.1. The topological polar surface area (TPSA) is 32.3 Å². The Morgan fingerprint density at radius 1 is 1.47 bits per heavy atom. The summed E-state index contributed by atoms with van der Waals surface area (Å²) in [7, 11) is 0. The van der Waals surface area contributed by atoms with Gasteiger partial charge in [-0.3, -0.25) is 0 Å². The number of rotatable bonds is 1. The van der Waals surface area contributed by atoms with Crippen LogP contribution in [0.25, 0.3) is 0 Å². The molecule has 17 heavy (non-hydrogen) atoms. The molecule has 2 rings (SSSR count). The van der Waals surface area contributed by atoms with Crippen molar-refractivity contribution in [2.45, 2.75) is 19.8 Å². The minimum Gasteiger partial charge on any atom is -0.324 e. The van der Waals surface area contributed by atoms with Crippen molar-refractivity contribution in [2.24, 2.45) is 5.92 Å². The van der Waals surface area contributed by atoms with Crippen LogP contribution < -0.4 is 5.32 Å². The fourth-order valence-corrected chi connectivity index (χ4v) is 2.13. The van der Waals surface area contributed by atoms with Crippen LogP contribution in [0.1, 0.15) is 19.8 Å². The lowest BCUT2D eigenvalue weighted by Crippen LogP contribution is -2.41. The van der Waals surface area contributed by atoms with Crippen molar-refractivity contribution in [2.75, 3.05) is 18.4 Å². The van der Waals surface area contributed by atoms with Crippen molar-refractivity contribution in [3.8, 4) is 0 Å². The van der Waals surface area contributed by atoms with Gasteiger partial charge in [0.25, 0.3) is 0 Å². The highest BCUT2D eigenvalue weighted by atomic mass is 19.1. The first-order valence-electron chi connectivity index (χ1n) is 5.97. The van der Waals surface area contributed by atoms with Gasteiger partial charge in [-0.05, 0) is 30.9 Å². The summed E-state index contributed by atoms with van der Waals surface area (Å²) in [6, 6.07) is 6.02. The molecule has 1 atom stereocenters. The maximum Gasteiger partial charge on any atom is 0.321 e. The Bertz CT molecular complexity index is 408. The quantitative estimate of drug-likeness (QED) is 0.798. The van der Waals surface area contributed by atoms with E-state index < -0.39 is 5.82 Å². The lowest BCUT2D eigenvalue weighted by Gasteiger charge is -2.30. The number of hydrogen-bond acceptors (Lipinski definition) is 1. The monoisotopic (exact) mass is 236 g/mol. The van der Waals surface area contributed by atoms with Gasteiger partial charge in [0.15, 0.2) is 0 Å². The number of para-hydroxylation sites is 1. The second-order valence-electron chi connectivity index (χ2n) is 4.60. The zero-order valence-electron chi connectivity index (χ0n) is 9.95. The Labute approximate surface area is 101 Å². The lowest BCUT2D eigenvalue weighted by molar-refractivity contribution is 0.182. The van der Waals surface area contributed by atoms with Crippen LogP contribution in [-0.4, -0.2) is 24.0 Å². The van der Waals surface area contributed by atoms with Crippen LogP contribution in [0.2, 0.25) is 0 Å². The standard InChI is InChI=1S/C13H17FN2O/c1-10-5-4-8-16(9-10)13(17)15-12-7-3-2-6-11(12)14/h2-3,6-7,10H,4-5,8-9H2,1H3,(H,15,17). The van der Waals surface area contributed by atoms with Crippen LogP contribution >= 0.6 is 0 Å². The molecule has 0 spiro atoms. The van der Waals surface area contributed by atoms with Gasteiger partial charge in [0.05, 0.1) is 5.69 Å². The molecule has 92 valence electrons. The molecule has 3 nitrogen and oxygen atoms in total. The summed E-state index contributed by atoms with van der Waals surface area (Å²) in [5.74, 6) is 0.126. The molecule has 1 unspecified atom stereocenters. The van der Waals surface area contributed by atoms with Crippen LogP contribution in [0.15, 0.2) is 24.3 Å². The predicted octanol–water partition coefficient (Wildman–Crippen LogP) is 3.09. The molecule has 1 heterocycles. The number of likely N-dealkylation sites (tertiary alicyclic amines) is 1. The van der Waals surface area contributed by atoms with E-state index in [2.05, 4.69) is 12.2 Å². The average Bonchev–Trinajstić information content (AvgIpc) is 2.32. The summed E-state index contributed by atoms with van der Waals surface area (Å²) in [4.78, 5) is 13.7. The first-order valence-corrected chi connectivity index (χ1v) is 5.97. The molecule has 1 aromatic carbocycles. The van der Waals surface area contributed by atoms with Gasteiger partial charge in [-0.2, -0.15) is 0 Å². The molecule has 1 saturated heterocycles. The summed E-state index contributed by atoms with van der Waals surface area (Å²) in [5.41, 5.74) is 0.246. The van der Waals surface area contributed by atoms with E-state index in [0.29, 0.717) is 5.92 Å². The molecule has 1 N–H and O–H groups in total. The fraction of sp³-hybridized carbons (Fsp3) is 0.462. The predicted molar refractivity (Wildman–Crippen MR) is 65.4 cm³/mol. The van der Waals surface area contributed by atoms with E-state index in [9.17, 15) is 9.18 Å². The largest absolute Gasteiger partial charge is 0.324 e. The highest BCUT2D eigenvalue weighted by Crippen LogP contribution is 2.18. The number of amides is 2. The van der Waals surface area contributed by atoms with Crippen LogP contribution in [0.4, 0.5) is 14.9 Å². The number of nitrogens with one attached hydrogen (secondary N) is 1. The first kappa shape index (κ1) is 11.9. The number of benzene rings is 1. The molecule has 1 fully saturated rings. The first-order chi connectivity index (χ1) is 8.16. The molecule has 2 amide bonds. The third kappa shape index (κ3) is 2.96. The SMILES string of the molecule is CC1CCCN(C(=O)Nc2ccccc2F)C1. The maximum atomic E-state index is 13.4. The number of piperidine rings is 1.